The minimum Gasteiger partial charge on any atom is -0.382 e. The molecule has 0 saturated heterocycles. The molecule has 1 aliphatic rings. The van der Waals surface area contributed by atoms with Gasteiger partial charge in [-0.15, -0.1) is 0 Å². The molecule has 5 heteroatoms. The minimum absolute atomic E-state index is 0.232. The van der Waals surface area contributed by atoms with Gasteiger partial charge in [0.05, 0.1) is 0 Å². The molecule has 4 nitrogen and oxygen atoms in total. The number of nitrogens with zero attached hydrogens (tertiary/aromatic N) is 1. The van der Waals surface area contributed by atoms with Crippen molar-refractivity contribution in [3.63, 3.8) is 0 Å². The topological polar surface area (TPSA) is 54.0 Å². The number of anilines is 1. The van der Waals surface area contributed by atoms with Crippen molar-refractivity contribution in [3.05, 3.63) is 59.7 Å². The second-order valence-corrected chi connectivity index (χ2v) is 5.86. The number of hydrogen-bond donors (Lipinski definition) is 2. The Morgan fingerprint density at radius 1 is 1.17 bits per heavy atom. The van der Waals surface area contributed by atoms with Crippen LogP contribution in [0.4, 0.5) is 10.1 Å². The third kappa shape index (κ3) is 4.28. The van der Waals surface area contributed by atoms with E-state index in [1.807, 2.05) is 6.07 Å². The number of carbonyl (C=O) groups excluding carboxylic acids is 1. The Morgan fingerprint density at radius 2 is 1.91 bits per heavy atom. The largest absolute Gasteiger partial charge is 0.382 e. The first kappa shape index (κ1) is 15.5. The summed E-state index contributed by atoms with van der Waals surface area (Å²) < 4.78 is 12.9. The van der Waals surface area contributed by atoms with Gasteiger partial charge in [0.15, 0.2) is 0 Å². The smallest absolute Gasteiger partial charge is 0.270 e. The van der Waals surface area contributed by atoms with Gasteiger partial charge in [0.1, 0.15) is 11.5 Å². The van der Waals surface area contributed by atoms with Gasteiger partial charge in [-0.25, -0.2) is 4.39 Å². The number of amides is 1. The van der Waals surface area contributed by atoms with E-state index in [0.717, 1.165) is 11.3 Å². The van der Waals surface area contributed by atoms with Crippen molar-refractivity contribution in [2.45, 2.75) is 38.3 Å². The van der Waals surface area contributed by atoms with Gasteiger partial charge in [-0.3, -0.25) is 9.78 Å². The van der Waals surface area contributed by atoms with Crippen LogP contribution in [0.1, 0.15) is 41.7 Å². The summed E-state index contributed by atoms with van der Waals surface area (Å²) in [4.78, 5) is 16.3. The molecule has 1 aliphatic carbocycles. The van der Waals surface area contributed by atoms with Gasteiger partial charge < -0.3 is 10.6 Å². The molecule has 0 aliphatic heterocycles. The van der Waals surface area contributed by atoms with E-state index >= 15 is 0 Å². The van der Waals surface area contributed by atoms with Gasteiger partial charge >= 0.3 is 0 Å². The summed E-state index contributed by atoms with van der Waals surface area (Å²) in [5.74, 6) is -0.517. The summed E-state index contributed by atoms with van der Waals surface area (Å²) in [5.41, 5.74) is 2.16. The molecule has 120 valence electrons. The molecule has 3 rings (SSSR count). The third-order valence-electron chi connectivity index (χ3n) is 4.08. The van der Waals surface area contributed by atoms with E-state index in [1.54, 1.807) is 24.4 Å². The van der Waals surface area contributed by atoms with Crippen LogP contribution in [0.5, 0.6) is 0 Å². The zero-order valence-corrected chi connectivity index (χ0v) is 12.9. The predicted molar refractivity (Wildman–Crippen MR) is 87.7 cm³/mol. The van der Waals surface area contributed by atoms with Crippen LogP contribution >= 0.6 is 0 Å². The molecule has 1 amide bonds. The average molecular weight is 313 g/mol. The molecule has 1 saturated carbocycles. The molecule has 0 atom stereocenters. The number of nitrogens with one attached hydrogen (secondary N) is 2. The summed E-state index contributed by atoms with van der Waals surface area (Å²) in [7, 11) is 0. The van der Waals surface area contributed by atoms with Crippen LogP contribution in [-0.2, 0) is 6.54 Å². The fraction of sp³-hybridized carbons (Fsp3) is 0.333. The van der Waals surface area contributed by atoms with Crippen LogP contribution in [-0.4, -0.2) is 16.9 Å². The average Bonchev–Trinajstić information content (AvgIpc) is 3.07. The maximum Gasteiger partial charge on any atom is 0.270 e. The van der Waals surface area contributed by atoms with E-state index in [1.165, 1.54) is 37.8 Å². The fourth-order valence-corrected chi connectivity index (χ4v) is 2.83. The summed E-state index contributed by atoms with van der Waals surface area (Å²) in [5, 5.41) is 6.26. The Bertz CT molecular complexity index is 666. The monoisotopic (exact) mass is 313 g/mol. The van der Waals surface area contributed by atoms with Gasteiger partial charge in [-0.05, 0) is 42.7 Å². The number of halogens is 1. The zero-order chi connectivity index (χ0) is 16.1. The minimum atomic E-state index is -0.285. The summed E-state index contributed by atoms with van der Waals surface area (Å²) in [6.45, 7) is 0.348. The SMILES string of the molecule is O=C(NCc1ccc(F)cc1)c1cc(NC2CCCC2)ccn1. The number of aromatic nitrogens is 1. The standard InChI is InChI=1S/C18H20FN3O/c19-14-7-5-13(6-8-14)12-21-18(23)17-11-16(9-10-20-17)22-15-3-1-2-4-15/h5-11,15H,1-4,12H2,(H,20,22)(H,21,23). The number of pyridine rings is 1. The van der Waals surface area contributed by atoms with Gasteiger partial charge in [-0.2, -0.15) is 0 Å². The molecule has 1 heterocycles. The highest BCUT2D eigenvalue weighted by Crippen LogP contribution is 2.22. The zero-order valence-electron chi connectivity index (χ0n) is 12.9. The third-order valence-corrected chi connectivity index (χ3v) is 4.08. The first-order chi connectivity index (χ1) is 11.2. The molecule has 1 aromatic carbocycles. The lowest BCUT2D eigenvalue weighted by molar-refractivity contribution is 0.0946. The highest BCUT2D eigenvalue weighted by atomic mass is 19.1. The Morgan fingerprint density at radius 3 is 2.65 bits per heavy atom. The lowest BCUT2D eigenvalue weighted by atomic mass is 10.2. The van der Waals surface area contributed by atoms with E-state index in [0.29, 0.717) is 18.3 Å². The van der Waals surface area contributed by atoms with Gasteiger partial charge in [0.2, 0.25) is 0 Å². The number of rotatable bonds is 5. The van der Waals surface area contributed by atoms with Crippen LogP contribution < -0.4 is 10.6 Å². The van der Waals surface area contributed by atoms with E-state index in [-0.39, 0.29) is 11.7 Å². The number of hydrogen-bond acceptors (Lipinski definition) is 3. The van der Waals surface area contributed by atoms with E-state index < -0.39 is 0 Å². The van der Waals surface area contributed by atoms with Crippen molar-refractivity contribution in [2.75, 3.05) is 5.32 Å². The highest BCUT2D eigenvalue weighted by molar-refractivity contribution is 5.93. The molecular weight excluding hydrogens is 293 g/mol. The van der Waals surface area contributed by atoms with Crippen molar-refractivity contribution in [3.8, 4) is 0 Å². The van der Waals surface area contributed by atoms with Crippen molar-refractivity contribution in [1.82, 2.24) is 10.3 Å². The van der Waals surface area contributed by atoms with E-state index in [9.17, 15) is 9.18 Å². The highest BCUT2D eigenvalue weighted by Gasteiger charge is 2.15. The summed E-state index contributed by atoms with van der Waals surface area (Å²) >= 11 is 0. The van der Waals surface area contributed by atoms with Gasteiger partial charge in [0.25, 0.3) is 5.91 Å². The quantitative estimate of drug-likeness (QED) is 0.888. The molecule has 0 bridgehead atoms. The lowest BCUT2D eigenvalue weighted by Crippen LogP contribution is -2.24. The lowest BCUT2D eigenvalue weighted by Gasteiger charge is -2.14. The molecule has 2 N–H and O–H groups in total. The van der Waals surface area contributed by atoms with E-state index in [2.05, 4.69) is 15.6 Å². The molecule has 1 fully saturated rings. The van der Waals surface area contributed by atoms with Crippen LogP contribution in [0, 0.1) is 5.82 Å². The predicted octanol–water partition coefficient (Wildman–Crippen LogP) is 3.51. The van der Waals surface area contributed by atoms with E-state index in [4.69, 9.17) is 0 Å². The summed E-state index contributed by atoms with van der Waals surface area (Å²) in [6.07, 6.45) is 6.51. The second kappa shape index (κ2) is 7.22. The molecule has 0 radical (unpaired) electrons. The Hall–Kier alpha value is -2.43. The second-order valence-electron chi connectivity index (χ2n) is 5.86. The van der Waals surface area contributed by atoms with Crippen molar-refractivity contribution in [2.24, 2.45) is 0 Å². The molecule has 23 heavy (non-hydrogen) atoms. The fourth-order valence-electron chi connectivity index (χ4n) is 2.83. The molecule has 1 aromatic heterocycles. The summed E-state index contributed by atoms with van der Waals surface area (Å²) in [6, 6.07) is 10.2. The Labute approximate surface area is 135 Å². The van der Waals surface area contributed by atoms with Crippen LogP contribution in [0.3, 0.4) is 0 Å². The van der Waals surface area contributed by atoms with Gasteiger partial charge in [-0.1, -0.05) is 25.0 Å². The molecule has 0 spiro atoms. The van der Waals surface area contributed by atoms with Crippen molar-refractivity contribution < 1.29 is 9.18 Å². The molecule has 0 unspecified atom stereocenters. The maximum absolute atomic E-state index is 12.9. The van der Waals surface area contributed by atoms with Crippen molar-refractivity contribution in [1.29, 1.82) is 0 Å². The maximum atomic E-state index is 12.9. The van der Waals surface area contributed by atoms with Gasteiger partial charge in [0, 0.05) is 24.5 Å². The van der Waals surface area contributed by atoms with Crippen LogP contribution in [0.2, 0.25) is 0 Å². The number of carbonyl (C=O) groups is 1. The molecular formula is C18H20FN3O. The Kier molecular flexibility index (Phi) is 4.86. The first-order valence-electron chi connectivity index (χ1n) is 7.96. The van der Waals surface area contributed by atoms with Crippen molar-refractivity contribution >= 4 is 11.6 Å². The number of benzene rings is 1. The first-order valence-corrected chi connectivity index (χ1v) is 7.96. The van der Waals surface area contributed by atoms with Crippen LogP contribution in [0.15, 0.2) is 42.6 Å². The normalized spacial score (nSPS) is 14.7. The molecule has 2 aromatic rings. The van der Waals surface area contributed by atoms with Crippen LogP contribution in [0.25, 0.3) is 0 Å². The Balaban J connectivity index is 1.59.